The van der Waals surface area contributed by atoms with Crippen LogP contribution in [-0.4, -0.2) is 36.3 Å². The van der Waals surface area contributed by atoms with Crippen molar-refractivity contribution < 1.29 is 31.9 Å². The summed E-state index contributed by atoms with van der Waals surface area (Å²) in [7, 11) is 1.37. The maximum absolute atomic E-state index is 13.0. The van der Waals surface area contributed by atoms with Crippen LogP contribution in [0, 0.1) is 6.92 Å². The van der Waals surface area contributed by atoms with E-state index in [0.717, 1.165) is 23.8 Å². The van der Waals surface area contributed by atoms with Gasteiger partial charge < -0.3 is 30.7 Å². The van der Waals surface area contributed by atoms with Gasteiger partial charge in [-0.1, -0.05) is 46.4 Å². The SMILES string of the molecule is C=C/C=C\C(N)=C(/C)CCO[C@@H](C)NC=O.CC.CC.COc1ccc(-c2nc(C)c([C@H](C)N)o2)c2ccc(C(F)(F)F)nc12. The van der Waals surface area contributed by atoms with Crippen molar-refractivity contribution in [3.05, 3.63) is 77.5 Å². The molecule has 9 nitrogen and oxygen atoms in total. The van der Waals surface area contributed by atoms with E-state index in [1.54, 1.807) is 45.1 Å². The van der Waals surface area contributed by atoms with E-state index in [1.165, 1.54) is 19.2 Å². The van der Waals surface area contributed by atoms with Gasteiger partial charge in [0.25, 0.3) is 0 Å². The van der Waals surface area contributed by atoms with Crippen LogP contribution in [0.4, 0.5) is 13.2 Å². The molecule has 12 heteroatoms. The number of hydrogen-bond acceptors (Lipinski definition) is 8. The molecule has 2 atom stereocenters. The van der Waals surface area contributed by atoms with Gasteiger partial charge in [0.15, 0.2) is 0 Å². The van der Waals surface area contributed by atoms with Crippen molar-refractivity contribution >= 4 is 17.3 Å². The highest BCUT2D eigenvalue weighted by Gasteiger charge is 2.33. The molecule has 0 radical (unpaired) electrons. The molecule has 3 rings (SSSR count). The van der Waals surface area contributed by atoms with Crippen LogP contribution in [0.25, 0.3) is 22.4 Å². The molecule has 0 aliphatic carbocycles. The Labute approximate surface area is 264 Å². The molecular weight excluding hydrogens is 587 g/mol. The van der Waals surface area contributed by atoms with Gasteiger partial charge in [0, 0.05) is 16.6 Å². The second-order valence-electron chi connectivity index (χ2n) is 9.04. The van der Waals surface area contributed by atoms with Gasteiger partial charge in [0.1, 0.15) is 28.9 Å². The van der Waals surface area contributed by atoms with Crippen molar-refractivity contribution in [1.82, 2.24) is 15.3 Å². The Morgan fingerprint density at radius 2 is 1.78 bits per heavy atom. The number of aryl methyl sites for hydroxylation is 1. The van der Waals surface area contributed by atoms with Crippen molar-refractivity contribution in [3.8, 4) is 17.2 Å². The number of nitrogens with two attached hydrogens (primary N) is 2. The number of ether oxygens (including phenoxy) is 2. The fourth-order valence-electron chi connectivity index (χ4n) is 3.64. The number of benzene rings is 1. The van der Waals surface area contributed by atoms with Crippen LogP contribution in [0.3, 0.4) is 0 Å². The smallest absolute Gasteiger partial charge is 0.433 e. The highest BCUT2D eigenvalue weighted by molar-refractivity contribution is 5.96. The molecular formula is C33H48F3N5O4. The number of hydrogen-bond donors (Lipinski definition) is 3. The number of rotatable bonds is 11. The number of nitrogens with zero attached hydrogens (tertiary/aromatic N) is 2. The van der Waals surface area contributed by atoms with Crippen molar-refractivity contribution in [1.29, 1.82) is 0 Å². The summed E-state index contributed by atoms with van der Waals surface area (Å²) < 4.78 is 55.1. The molecule has 1 aromatic carbocycles. The Morgan fingerprint density at radius 1 is 1.13 bits per heavy atom. The Morgan fingerprint density at radius 3 is 2.29 bits per heavy atom. The lowest BCUT2D eigenvalue weighted by Crippen LogP contribution is -2.27. The largest absolute Gasteiger partial charge is 0.494 e. The number of methoxy groups -OCH3 is 1. The lowest BCUT2D eigenvalue weighted by Gasteiger charge is -2.12. The van der Waals surface area contributed by atoms with E-state index in [1.807, 2.05) is 34.6 Å². The first-order valence-electron chi connectivity index (χ1n) is 14.7. The average Bonchev–Trinajstić information content (AvgIpc) is 3.42. The number of carbonyl (C=O) groups is 1. The zero-order valence-electron chi connectivity index (χ0n) is 27.7. The summed E-state index contributed by atoms with van der Waals surface area (Å²) >= 11 is 0. The number of fused-ring (bicyclic) bond motifs is 1. The minimum absolute atomic E-state index is 0.0908. The Kier molecular flexibility index (Phi) is 18.8. The van der Waals surface area contributed by atoms with E-state index in [2.05, 4.69) is 21.9 Å². The summed E-state index contributed by atoms with van der Waals surface area (Å²) in [6.07, 6.45) is 1.80. The van der Waals surface area contributed by atoms with Crippen LogP contribution in [0.2, 0.25) is 0 Å². The van der Waals surface area contributed by atoms with E-state index in [4.69, 9.17) is 25.4 Å². The minimum Gasteiger partial charge on any atom is -0.494 e. The van der Waals surface area contributed by atoms with Gasteiger partial charge in [-0.15, -0.1) is 0 Å². The second-order valence-corrected chi connectivity index (χ2v) is 9.04. The van der Waals surface area contributed by atoms with Crippen LogP contribution < -0.4 is 21.5 Å². The average molecular weight is 636 g/mol. The third kappa shape index (κ3) is 12.8. The number of oxazole rings is 1. The van der Waals surface area contributed by atoms with Crippen molar-refractivity contribution in [2.24, 2.45) is 11.5 Å². The topological polar surface area (TPSA) is 139 Å². The quantitative estimate of drug-likeness (QED) is 0.110. The van der Waals surface area contributed by atoms with Gasteiger partial charge in [0.05, 0.1) is 25.5 Å². The van der Waals surface area contributed by atoms with Crippen LogP contribution in [0.5, 0.6) is 5.75 Å². The van der Waals surface area contributed by atoms with Crippen LogP contribution in [0.1, 0.15) is 78.1 Å². The summed E-state index contributed by atoms with van der Waals surface area (Å²) in [6, 6.07) is 5.13. The summed E-state index contributed by atoms with van der Waals surface area (Å²) in [5, 5.41) is 2.95. The molecule has 5 N–H and O–H groups in total. The molecule has 0 spiro atoms. The maximum atomic E-state index is 13.0. The summed E-state index contributed by atoms with van der Waals surface area (Å²) in [5.41, 5.74) is 13.7. The minimum atomic E-state index is -4.54. The second kappa shape index (κ2) is 20.7. The molecule has 2 heterocycles. The van der Waals surface area contributed by atoms with Gasteiger partial charge >= 0.3 is 6.18 Å². The van der Waals surface area contributed by atoms with Crippen molar-refractivity contribution in [2.75, 3.05) is 13.7 Å². The number of aromatic nitrogens is 2. The molecule has 0 bridgehead atoms. The van der Waals surface area contributed by atoms with Gasteiger partial charge in [-0.3, -0.25) is 4.79 Å². The number of pyridine rings is 1. The molecule has 0 unspecified atom stereocenters. The molecule has 1 amide bonds. The van der Waals surface area contributed by atoms with Crippen LogP contribution in [0.15, 0.2) is 64.8 Å². The molecule has 0 aliphatic heterocycles. The number of alkyl halides is 3. The van der Waals surface area contributed by atoms with Crippen molar-refractivity contribution in [2.45, 2.75) is 80.3 Å². The standard InChI is InChI=1S/C17H16F3N3O2.C12H20N2O2.2C2H6/c1-8(21)15-9(2)22-16(25-15)11-4-6-12(24-3)14-10(11)5-7-13(23-14)17(18,19)20;1-4-5-6-12(13)10(2)7-8-16-11(3)14-9-15;2*1-2/h4-8H,21H2,1-3H3;4-6,9,11H,1,7-8,13H2,2-3H3,(H,14,15);2*1-2H3/b;6-5-,12-10-;;/t8-;11-;;/m00../s1. The summed E-state index contributed by atoms with van der Waals surface area (Å²) in [4.78, 5) is 18.2. The van der Waals surface area contributed by atoms with Gasteiger partial charge in [0.2, 0.25) is 12.3 Å². The summed E-state index contributed by atoms with van der Waals surface area (Å²) in [6.45, 7) is 19.3. The number of carbonyl (C=O) groups excluding carboxylic acids is 1. The van der Waals surface area contributed by atoms with E-state index in [9.17, 15) is 18.0 Å². The number of amides is 1. The zero-order chi connectivity index (χ0) is 34.7. The first-order valence-corrected chi connectivity index (χ1v) is 14.7. The van der Waals surface area contributed by atoms with E-state index in [-0.39, 0.29) is 29.4 Å². The monoisotopic (exact) mass is 635 g/mol. The Bertz CT molecular complexity index is 1400. The predicted molar refractivity (Wildman–Crippen MR) is 174 cm³/mol. The van der Waals surface area contributed by atoms with E-state index in [0.29, 0.717) is 35.4 Å². The first kappa shape index (κ1) is 40.8. The third-order valence-corrected chi connectivity index (χ3v) is 5.86. The molecule has 3 aromatic rings. The Hall–Kier alpha value is -4.16. The van der Waals surface area contributed by atoms with Gasteiger partial charge in [-0.2, -0.15) is 13.2 Å². The maximum Gasteiger partial charge on any atom is 0.433 e. The zero-order valence-corrected chi connectivity index (χ0v) is 27.7. The Balaban J connectivity index is 0.000000842. The first-order chi connectivity index (χ1) is 21.3. The normalized spacial score (nSPS) is 12.7. The van der Waals surface area contributed by atoms with E-state index >= 15 is 0 Å². The number of halogens is 3. The highest BCUT2D eigenvalue weighted by Crippen LogP contribution is 2.37. The molecule has 45 heavy (non-hydrogen) atoms. The molecule has 0 fully saturated rings. The number of nitrogens with one attached hydrogen (secondary N) is 1. The lowest BCUT2D eigenvalue weighted by molar-refractivity contribution is -0.141. The van der Waals surface area contributed by atoms with Gasteiger partial charge in [-0.25, -0.2) is 9.97 Å². The fraction of sp³-hybridized carbons (Fsp3) is 0.424. The lowest BCUT2D eigenvalue weighted by atomic mass is 10.1. The van der Waals surface area contributed by atoms with E-state index < -0.39 is 11.9 Å². The predicted octanol–water partition coefficient (Wildman–Crippen LogP) is 7.76. The fourth-order valence-corrected chi connectivity index (χ4v) is 3.64. The summed E-state index contributed by atoms with van der Waals surface area (Å²) in [5.74, 6) is 1.04. The molecule has 0 aliphatic rings. The van der Waals surface area contributed by atoms with Gasteiger partial charge in [-0.05, 0) is 70.0 Å². The number of allylic oxidation sites excluding steroid dienone is 3. The molecule has 0 saturated carbocycles. The molecule has 250 valence electrons. The molecule has 2 aromatic heterocycles. The molecule has 0 saturated heterocycles. The van der Waals surface area contributed by atoms with Crippen LogP contribution >= 0.6 is 0 Å². The third-order valence-electron chi connectivity index (χ3n) is 5.86. The van der Waals surface area contributed by atoms with Crippen LogP contribution in [-0.2, 0) is 15.7 Å². The van der Waals surface area contributed by atoms with Crippen molar-refractivity contribution in [3.63, 3.8) is 0 Å². The highest BCUT2D eigenvalue weighted by atomic mass is 19.4.